The third-order valence-corrected chi connectivity index (χ3v) is 4.79. The molecule has 0 bridgehead atoms. The van der Waals surface area contributed by atoms with Gasteiger partial charge in [0.2, 0.25) is 0 Å². The Morgan fingerprint density at radius 3 is 2.81 bits per heavy atom. The molecule has 0 saturated heterocycles. The lowest BCUT2D eigenvalue weighted by Crippen LogP contribution is -2.23. The Labute approximate surface area is 130 Å². The number of benzene rings is 2. The number of hydrogen-bond donors (Lipinski definition) is 0. The second-order valence-corrected chi connectivity index (χ2v) is 6.52. The van der Waals surface area contributed by atoms with E-state index in [0.29, 0.717) is 0 Å². The molecular weight excluding hydrogens is 330 g/mol. The third-order valence-electron chi connectivity index (χ3n) is 4.30. The second kappa shape index (κ2) is 4.34. The summed E-state index contributed by atoms with van der Waals surface area (Å²) in [5.41, 5.74) is 2.98. The molecule has 4 heteroatoms. The number of carbonyl (C=O) groups excluding carboxylic acids is 1. The zero-order valence-corrected chi connectivity index (χ0v) is 13.4. The van der Waals surface area contributed by atoms with Gasteiger partial charge in [-0.15, -0.1) is 0 Å². The van der Waals surface area contributed by atoms with Crippen molar-refractivity contribution in [1.82, 2.24) is 4.57 Å². The van der Waals surface area contributed by atoms with Crippen molar-refractivity contribution in [2.24, 2.45) is 5.92 Å². The summed E-state index contributed by atoms with van der Waals surface area (Å²) in [5, 5.41) is 2.24. The average molecular weight is 344 g/mol. The molecule has 21 heavy (non-hydrogen) atoms. The highest BCUT2D eigenvalue weighted by atomic mass is 79.9. The van der Waals surface area contributed by atoms with Crippen LogP contribution in [0.1, 0.15) is 17.3 Å². The summed E-state index contributed by atoms with van der Waals surface area (Å²) < 4.78 is 8.69. The zero-order chi connectivity index (χ0) is 14.7. The van der Waals surface area contributed by atoms with Gasteiger partial charge in [0.25, 0.3) is 0 Å². The minimum Gasteiger partial charge on any atom is -0.497 e. The maximum Gasteiger partial charge on any atom is 0.169 e. The van der Waals surface area contributed by atoms with Crippen molar-refractivity contribution in [3.8, 4) is 5.75 Å². The molecule has 0 saturated carbocycles. The van der Waals surface area contributed by atoms with E-state index in [1.54, 1.807) is 7.11 Å². The lowest BCUT2D eigenvalue weighted by molar-refractivity contribution is 0.0913. The summed E-state index contributed by atoms with van der Waals surface area (Å²) in [6, 6.07) is 10.1. The highest BCUT2D eigenvalue weighted by Gasteiger charge is 2.28. The first-order valence-corrected chi connectivity index (χ1v) is 7.73. The molecule has 0 radical (unpaired) electrons. The maximum atomic E-state index is 12.5. The first-order valence-electron chi connectivity index (χ1n) is 6.94. The SMILES string of the molecule is COc1cc2c3c(c1)c1cc(Br)ccc1n3CC(C)C2=O. The van der Waals surface area contributed by atoms with Gasteiger partial charge in [-0.3, -0.25) is 4.79 Å². The Balaban J connectivity index is 2.25. The van der Waals surface area contributed by atoms with Crippen LogP contribution >= 0.6 is 15.9 Å². The second-order valence-electron chi connectivity index (χ2n) is 5.61. The van der Waals surface area contributed by atoms with E-state index in [-0.39, 0.29) is 11.7 Å². The van der Waals surface area contributed by atoms with Crippen molar-refractivity contribution in [2.45, 2.75) is 13.5 Å². The fourth-order valence-electron chi connectivity index (χ4n) is 3.30. The van der Waals surface area contributed by atoms with Crippen LogP contribution in [0.2, 0.25) is 0 Å². The van der Waals surface area contributed by atoms with Crippen molar-refractivity contribution >= 4 is 43.5 Å². The fraction of sp³-hybridized carbons (Fsp3) is 0.235. The Hall–Kier alpha value is -1.81. The van der Waals surface area contributed by atoms with Gasteiger partial charge in [-0.2, -0.15) is 0 Å². The summed E-state index contributed by atoms with van der Waals surface area (Å²) in [4.78, 5) is 12.5. The van der Waals surface area contributed by atoms with Gasteiger partial charge in [0.1, 0.15) is 5.75 Å². The largest absolute Gasteiger partial charge is 0.497 e. The molecule has 106 valence electrons. The topological polar surface area (TPSA) is 31.2 Å². The van der Waals surface area contributed by atoms with Gasteiger partial charge in [0, 0.05) is 38.8 Å². The molecule has 0 fully saturated rings. The fourth-order valence-corrected chi connectivity index (χ4v) is 3.66. The zero-order valence-electron chi connectivity index (χ0n) is 11.8. The molecule has 0 spiro atoms. The van der Waals surface area contributed by atoms with Gasteiger partial charge < -0.3 is 9.30 Å². The molecule has 2 heterocycles. The molecule has 1 aliphatic rings. The molecule has 1 aliphatic heterocycles. The first kappa shape index (κ1) is 12.9. The summed E-state index contributed by atoms with van der Waals surface area (Å²) in [5.74, 6) is 0.930. The number of nitrogens with zero attached hydrogens (tertiary/aromatic N) is 1. The van der Waals surface area contributed by atoms with Crippen molar-refractivity contribution in [3.63, 3.8) is 0 Å². The number of rotatable bonds is 1. The minimum absolute atomic E-state index is 0.00736. The summed E-state index contributed by atoms with van der Waals surface area (Å²) in [6.07, 6.45) is 0. The van der Waals surface area contributed by atoms with E-state index in [1.165, 1.54) is 5.52 Å². The lowest BCUT2D eigenvalue weighted by Gasteiger charge is -2.21. The highest BCUT2D eigenvalue weighted by Crippen LogP contribution is 2.39. The Morgan fingerprint density at radius 1 is 1.24 bits per heavy atom. The molecule has 4 rings (SSSR count). The van der Waals surface area contributed by atoms with E-state index in [9.17, 15) is 4.79 Å². The van der Waals surface area contributed by atoms with Gasteiger partial charge in [-0.25, -0.2) is 0 Å². The number of aromatic nitrogens is 1. The van der Waals surface area contributed by atoms with Gasteiger partial charge in [-0.05, 0) is 30.3 Å². The number of halogens is 1. The van der Waals surface area contributed by atoms with Gasteiger partial charge in [0.05, 0.1) is 12.6 Å². The van der Waals surface area contributed by atoms with Crippen LogP contribution in [-0.2, 0) is 6.54 Å². The lowest BCUT2D eigenvalue weighted by atomic mass is 9.94. The summed E-state index contributed by atoms with van der Waals surface area (Å²) in [6.45, 7) is 2.72. The van der Waals surface area contributed by atoms with Gasteiger partial charge in [0.15, 0.2) is 5.78 Å². The first-order chi connectivity index (χ1) is 10.1. The van der Waals surface area contributed by atoms with Crippen molar-refractivity contribution in [2.75, 3.05) is 7.11 Å². The van der Waals surface area contributed by atoms with Crippen LogP contribution in [0.5, 0.6) is 5.75 Å². The number of hydrogen-bond acceptors (Lipinski definition) is 2. The van der Waals surface area contributed by atoms with Crippen LogP contribution in [0, 0.1) is 5.92 Å². The van der Waals surface area contributed by atoms with E-state index in [2.05, 4.69) is 32.6 Å². The molecule has 0 amide bonds. The van der Waals surface area contributed by atoms with Gasteiger partial charge in [-0.1, -0.05) is 22.9 Å². The molecular formula is C17H14BrNO2. The predicted molar refractivity (Wildman–Crippen MR) is 87.2 cm³/mol. The molecule has 0 N–H and O–H groups in total. The summed E-state index contributed by atoms with van der Waals surface area (Å²) >= 11 is 3.54. The molecule has 1 unspecified atom stereocenters. The van der Waals surface area contributed by atoms with E-state index in [4.69, 9.17) is 4.74 Å². The number of carbonyl (C=O) groups is 1. The smallest absolute Gasteiger partial charge is 0.169 e. The van der Waals surface area contributed by atoms with Crippen LogP contribution in [0.15, 0.2) is 34.8 Å². The van der Waals surface area contributed by atoms with Crippen LogP contribution in [-0.4, -0.2) is 17.5 Å². The Morgan fingerprint density at radius 2 is 2.05 bits per heavy atom. The number of methoxy groups -OCH3 is 1. The molecule has 1 atom stereocenters. The van der Waals surface area contributed by atoms with E-state index in [0.717, 1.165) is 38.6 Å². The van der Waals surface area contributed by atoms with E-state index < -0.39 is 0 Å². The number of ether oxygens (including phenoxy) is 1. The normalized spacial score (nSPS) is 17.7. The van der Waals surface area contributed by atoms with Crippen LogP contribution in [0.3, 0.4) is 0 Å². The van der Waals surface area contributed by atoms with Crippen LogP contribution in [0.25, 0.3) is 21.8 Å². The van der Waals surface area contributed by atoms with E-state index in [1.807, 2.05) is 25.1 Å². The van der Waals surface area contributed by atoms with Crippen LogP contribution < -0.4 is 4.74 Å². The van der Waals surface area contributed by atoms with Crippen molar-refractivity contribution in [3.05, 3.63) is 40.4 Å². The third kappa shape index (κ3) is 1.69. The number of ketones is 1. The average Bonchev–Trinajstić information content (AvgIpc) is 2.78. The van der Waals surface area contributed by atoms with E-state index >= 15 is 0 Å². The highest BCUT2D eigenvalue weighted by molar-refractivity contribution is 9.10. The standard InChI is InChI=1S/C17H14BrNO2/c1-9-8-19-15-4-3-10(18)5-12(15)13-6-11(21-2)7-14(16(13)19)17(9)20/h3-7,9H,8H2,1-2H3. The Kier molecular flexibility index (Phi) is 2.67. The molecule has 3 nitrogen and oxygen atoms in total. The summed E-state index contributed by atoms with van der Waals surface area (Å²) in [7, 11) is 1.64. The molecule has 2 aromatic carbocycles. The monoisotopic (exact) mass is 343 g/mol. The maximum absolute atomic E-state index is 12.5. The molecule has 3 aromatic rings. The predicted octanol–water partition coefficient (Wildman–Crippen LogP) is 4.40. The Bertz CT molecular complexity index is 910. The number of fused-ring (bicyclic) bond motifs is 3. The minimum atomic E-state index is -0.00736. The molecule has 0 aliphatic carbocycles. The number of Topliss-reactive ketones (excluding diaryl/α,β-unsaturated/α-hetero) is 1. The van der Waals surface area contributed by atoms with Crippen LogP contribution in [0.4, 0.5) is 0 Å². The van der Waals surface area contributed by atoms with Crippen molar-refractivity contribution in [1.29, 1.82) is 0 Å². The quantitative estimate of drug-likeness (QED) is 0.655. The van der Waals surface area contributed by atoms with Crippen molar-refractivity contribution < 1.29 is 9.53 Å². The molecule has 1 aromatic heterocycles. The van der Waals surface area contributed by atoms with Gasteiger partial charge >= 0.3 is 0 Å².